The average Bonchev–Trinajstić information content (AvgIpc) is 2.80. The van der Waals surface area contributed by atoms with Crippen molar-refractivity contribution in [2.75, 3.05) is 13.2 Å². The van der Waals surface area contributed by atoms with Crippen molar-refractivity contribution in [1.29, 1.82) is 0 Å². The minimum atomic E-state index is -1.36. The summed E-state index contributed by atoms with van der Waals surface area (Å²) in [6.07, 6.45) is -14.4. The number of aliphatic hydroxyl groups excluding tert-OH is 7. The first kappa shape index (κ1) is 30.8. The summed E-state index contributed by atoms with van der Waals surface area (Å²) in [5.74, 6) is -1.35. The summed E-state index contributed by atoms with van der Waals surface area (Å²) in [6, 6.07) is 0. The summed E-state index contributed by atoms with van der Waals surface area (Å²) in [5.41, 5.74) is 0. The molecule has 0 aromatic rings. The summed E-state index contributed by atoms with van der Waals surface area (Å²) in [6.45, 7) is 7.41. The molecule has 3 saturated heterocycles. The van der Waals surface area contributed by atoms with Gasteiger partial charge >= 0.3 is 0 Å². The Morgan fingerprint density at radius 1 is 0.647 bits per heavy atom. The smallest absolute Gasteiger partial charge is 0.182 e. The van der Waals surface area contributed by atoms with Crippen molar-refractivity contribution in [3.63, 3.8) is 0 Å². The van der Waals surface area contributed by atoms with Crippen LogP contribution in [0.15, 0.2) is 0 Å². The van der Waals surface area contributed by atoms with Crippen LogP contribution in [0.5, 0.6) is 0 Å². The molecule has 3 fully saturated rings. The van der Waals surface area contributed by atoms with Crippen LogP contribution in [0.4, 0.5) is 0 Å². The maximum absolute atomic E-state index is 10.9. The molecule has 197 valence electrons. The quantitative estimate of drug-likeness (QED) is 0.160. The number of hydrogen-bond acceptors (Lipinski definition) is 12. The van der Waals surface area contributed by atoms with Crippen LogP contribution in [0.2, 0.25) is 0 Å². The van der Waals surface area contributed by atoms with Gasteiger partial charge in [0.15, 0.2) is 12.6 Å². The van der Waals surface area contributed by atoms with E-state index in [9.17, 15) is 35.7 Å². The average molecular weight is 570 g/mol. The van der Waals surface area contributed by atoms with E-state index >= 15 is 0 Å². The van der Waals surface area contributed by atoms with E-state index in [4.69, 9.17) is 23.7 Å². The van der Waals surface area contributed by atoms with Crippen molar-refractivity contribution in [1.82, 2.24) is 0 Å². The number of aliphatic hydroxyl groups is 7. The minimum absolute atomic E-state index is 0. The first-order valence-corrected chi connectivity index (χ1v) is 11.2. The SMILES string of the molecule is [CH2-]C1O[C@@H](O[C@H]2C(CO)O[C@@H](O[C@@H]3C(O)[C@H](C)OC(CO)[C@@H]3O)C(C)[C@H]2O)C(O)[C@@H](C)[C@H]1O.[Y]. The summed E-state index contributed by atoms with van der Waals surface area (Å²) in [5, 5.41) is 71.6. The predicted molar refractivity (Wildman–Crippen MR) is 109 cm³/mol. The van der Waals surface area contributed by atoms with Gasteiger partial charge in [-0.25, -0.2) is 0 Å². The van der Waals surface area contributed by atoms with Crippen LogP contribution in [0.1, 0.15) is 20.8 Å². The van der Waals surface area contributed by atoms with E-state index < -0.39 is 105 Å². The summed E-state index contributed by atoms with van der Waals surface area (Å²) in [4.78, 5) is 0. The molecule has 0 aliphatic carbocycles. The molecule has 34 heavy (non-hydrogen) atoms. The van der Waals surface area contributed by atoms with Crippen molar-refractivity contribution in [2.45, 2.75) is 100 Å². The molecule has 3 aliphatic rings. The maximum atomic E-state index is 10.9. The summed E-state index contributed by atoms with van der Waals surface area (Å²) >= 11 is 0. The van der Waals surface area contributed by atoms with Gasteiger partial charge in [-0.3, -0.25) is 0 Å². The van der Waals surface area contributed by atoms with Crippen LogP contribution >= 0.6 is 0 Å². The Morgan fingerprint density at radius 3 is 1.82 bits per heavy atom. The zero-order valence-corrected chi connectivity index (χ0v) is 22.4. The van der Waals surface area contributed by atoms with E-state index in [-0.39, 0.29) is 32.7 Å². The van der Waals surface area contributed by atoms with Gasteiger partial charge in [0.2, 0.25) is 0 Å². The normalized spacial score (nSPS) is 52.1. The molecule has 0 saturated carbocycles. The van der Waals surface area contributed by atoms with E-state index in [0.717, 1.165) is 0 Å². The second-order valence-electron chi connectivity index (χ2n) is 9.20. The van der Waals surface area contributed by atoms with E-state index in [1.165, 1.54) is 0 Å². The molecule has 0 aromatic heterocycles. The Kier molecular flexibility index (Phi) is 11.7. The van der Waals surface area contributed by atoms with E-state index in [2.05, 4.69) is 6.92 Å². The molecule has 0 aromatic carbocycles. The molecule has 0 spiro atoms. The molecule has 0 bridgehead atoms. The standard InChI is InChI=1S/C21H37O12.Y/c1-7-13(24)9(3)30-21(15(7)26)32-18-12(6-23)31-20(8(2)14(18)25)33-19-16(27)10(4)29-11(5-22)17(19)28;/h7-28H,3,5-6H2,1-2,4H3;/q-1;/t7-,8?,9?,10-,11?,12?,13+,14+,15?,16?,17-,18-,19+,20-,21-;/m0./s1. The van der Waals surface area contributed by atoms with Gasteiger partial charge in [0.05, 0.1) is 31.5 Å². The topological polar surface area (TPSA) is 188 Å². The molecule has 12 nitrogen and oxygen atoms in total. The second kappa shape index (κ2) is 12.9. The van der Waals surface area contributed by atoms with Crippen LogP contribution < -0.4 is 0 Å². The molecule has 13 heteroatoms. The molecular formula is C21H37O12Y-. The van der Waals surface area contributed by atoms with Crippen LogP contribution in [0.3, 0.4) is 0 Å². The largest absolute Gasteiger partial charge is 0.394 e. The van der Waals surface area contributed by atoms with E-state index in [1.54, 1.807) is 20.8 Å². The molecule has 0 amide bonds. The van der Waals surface area contributed by atoms with Crippen LogP contribution in [0, 0.1) is 18.8 Å². The summed E-state index contributed by atoms with van der Waals surface area (Å²) in [7, 11) is 0. The monoisotopic (exact) mass is 570 g/mol. The minimum Gasteiger partial charge on any atom is -0.394 e. The number of rotatable bonds is 6. The Hall–Kier alpha value is 0.624. The third-order valence-electron chi connectivity index (χ3n) is 6.89. The van der Waals surface area contributed by atoms with Gasteiger partial charge in [-0.05, 0) is 13.0 Å². The third kappa shape index (κ3) is 6.19. The molecule has 15 atom stereocenters. The van der Waals surface area contributed by atoms with Gasteiger partial charge < -0.3 is 66.4 Å². The number of ether oxygens (including phenoxy) is 5. The van der Waals surface area contributed by atoms with Crippen molar-refractivity contribution >= 4 is 0 Å². The van der Waals surface area contributed by atoms with Gasteiger partial charge in [-0.1, -0.05) is 13.8 Å². The summed E-state index contributed by atoms with van der Waals surface area (Å²) < 4.78 is 28.2. The number of hydrogen-bond donors (Lipinski definition) is 7. The molecular weight excluding hydrogens is 533 g/mol. The second-order valence-corrected chi connectivity index (χ2v) is 9.20. The predicted octanol–water partition coefficient (Wildman–Crippen LogP) is -3.11. The molecule has 6 unspecified atom stereocenters. The Labute approximate surface area is 224 Å². The van der Waals surface area contributed by atoms with Gasteiger partial charge in [-0.15, -0.1) is 0 Å². The van der Waals surface area contributed by atoms with Crippen LogP contribution in [0.25, 0.3) is 0 Å². The molecule has 3 rings (SSSR count). The van der Waals surface area contributed by atoms with Gasteiger partial charge in [0.25, 0.3) is 0 Å². The van der Waals surface area contributed by atoms with Crippen molar-refractivity contribution in [3.05, 3.63) is 6.92 Å². The zero-order valence-electron chi connectivity index (χ0n) is 19.5. The Bertz CT molecular complexity index is 629. The van der Waals surface area contributed by atoms with Crippen LogP contribution in [-0.2, 0) is 56.4 Å². The molecule has 1 radical (unpaired) electrons. The van der Waals surface area contributed by atoms with Gasteiger partial charge in [0.1, 0.15) is 42.7 Å². The van der Waals surface area contributed by atoms with Gasteiger partial charge in [-0.2, -0.15) is 0 Å². The Balaban J connectivity index is 0.00000408. The molecule has 7 N–H and O–H groups in total. The van der Waals surface area contributed by atoms with Crippen molar-refractivity contribution in [3.8, 4) is 0 Å². The fourth-order valence-corrected chi connectivity index (χ4v) is 4.50. The zero-order chi connectivity index (χ0) is 24.6. The van der Waals surface area contributed by atoms with Crippen molar-refractivity contribution in [2.24, 2.45) is 11.8 Å². The Morgan fingerprint density at radius 2 is 1.24 bits per heavy atom. The third-order valence-corrected chi connectivity index (χ3v) is 6.89. The van der Waals surface area contributed by atoms with E-state index in [0.29, 0.717) is 0 Å². The first-order chi connectivity index (χ1) is 15.5. The fraction of sp³-hybridized carbons (Fsp3) is 0.952. The molecule has 3 heterocycles. The van der Waals surface area contributed by atoms with Crippen molar-refractivity contribution < 1.29 is 92.1 Å². The van der Waals surface area contributed by atoms with E-state index in [1.807, 2.05) is 0 Å². The molecule has 3 aliphatic heterocycles. The fourth-order valence-electron chi connectivity index (χ4n) is 4.50. The van der Waals surface area contributed by atoms with Crippen LogP contribution in [-0.4, -0.2) is 129 Å². The first-order valence-electron chi connectivity index (χ1n) is 11.2. The maximum Gasteiger partial charge on any atom is 0.182 e. The van der Waals surface area contributed by atoms with Gasteiger partial charge in [0, 0.05) is 44.5 Å².